The predicted octanol–water partition coefficient (Wildman–Crippen LogP) is -0.102. The predicted molar refractivity (Wildman–Crippen MR) is 71.4 cm³/mol. The van der Waals surface area contributed by atoms with Crippen LogP contribution in [0.1, 0.15) is 6.42 Å². The summed E-state index contributed by atoms with van der Waals surface area (Å²) in [6.45, 7) is 0. The standard InChI is InChI=1S/C10H9N3O6S2/c14-8(15)4-6(10(16)17)13-21(18,19)7-3-1-2-5-9(7)12-20-11-5/h1-3,6,13H,4H2,(H,14,15)(H,16,17). The Bertz CT molecular complexity index is 800. The number of aliphatic carboxylic acids is 2. The van der Waals surface area contributed by atoms with Crippen LogP contribution in [0.2, 0.25) is 0 Å². The Hall–Kier alpha value is -2.11. The molecule has 2 rings (SSSR count). The second-order valence-electron chi connectivity index (χ2n) is 4.00. The Balaban J connectivity index is 2.39. The van der Waals surface area contributed by atoms with Crippen LogP contribution in [0.15, 0.2) is 23.1 Å². The minimum Gasteiger partial charge on any atom is -0.481 e. The number of benzene rings is 1. The third kappa shape index (κ3) is 3.32. The van der Waals surface area contributed by atoms with Crippen LogP contribution in [-0.2, 0) is 19.6 Å². The molecule has 1 heterocycles. The van der Waals surface area contributed by atoms with Crippen molar-refractivity contribution in [2.75, 3.05) is 0 Å². The van der Waals surface area contributed by atoms with Gasteiger partial charge in [-0.1, -0.05) is 6.07 Å². The summed E-state index contributed by atoms with van der Waals surface area (Å²) >= 11 is 0.816. The van der Waals surface area contributed by atoms with Crippen molar-refractivity contribution in [3.63, 3.8) is 0 Å². The molecule has 0 aliphatic carbocycles. The molecule has 2 aromatic rings. The maximum atomic E-state index is 12.2. The third-order valence-corrected chi connectivity index (χ3v) is 4.56. The molecule has 9 nitrogen and oxygen atoms in total. The van der Waals surface area contributed by atoms with E-state index in [1.807, 2.05) is 4.72 Å². The van der Waals surface area contributed by atoms with E-state index >= 15 is 0 Å². The van der Waals surface area contributed by atoms with Gasteiger partial charge in [0.05, 0.1) is 18.1 Å². The number of carbonyl (C=O) groups is 2. The van der Waals surface area contributed by atoms with E-state index in [0.29, 0.717) is 5.52 Å². The largest absolute Gasteiger partial charge is 0.481 e. The van der Waals surface area contributed by atoms with E-state index in [2.05, 4.69) is 8.75 Å². The molecule has 0 bridgehead atoms. The highest BCUT2D eigenvalue weighted by molar-refractivity contribution is 7.89. The molecule has 11 heteroatoms. The molecule has 1 unspecified atom stereocenters. The Morgan fingerprint density at radius 1 is 1.29 bits per heavy atom. The van der Waals surface area contributed by atoms with Gasteiger partial charge in [0.2, 0.25) is 10.0 Å². The van der Waals surface area contributed by atoms with Gasteiger partial charge in [0.15, 0.2) is 0 Å². The first-order valence-electron chi connectivity index (χ1n) is 5.49. The number of hydrogen-bond donors (Lipinski definition) is 3. The Kier molecular flexibility index (Phi) is 4.16. The summed E-state index contributed by atoms with van der Waals surface area (Å²) in [5.74, 6) is -3.01. The number of carboxylic acid groups (broad SMARTS) is 2. The molecule has 0 saturated carbocycles. The highest BCUT2D eigenvalue weighted by atomic mass is 32.2. The lowest BCUT2D eigenvalue weighted by Crippen LogP contribution is -2.42. The van der Waals surface area contributed by atoms with Crippen LogP contribution in [0.5, 0.6) is 0 Å². The summed E-state index contributed by atoms with van der Waals surface area (Å²) in [7, 11) is -4.24. The van der Waals surface area contributed by atoms with Crippen LogP contribution in [-0.4, -0.2) is 45.4 Å². The van der Waals surface area contributed by atoms with Gasteiger partial charge in [-0.05, 0) is 12.1 Å². The van der Waals surface area contributed by atoms with Crippen molar-refractivity contribution < 1.29 is 28.2 Å². The van der Waals surface area contributed by atoms with E-state index in [-0.39, 0.29) is 10.4 Å². The van der Waals surface area contributed by atoms with Crippen molar-refractivity contribution in [3.8, 4) is 0 Å². The quantitative estimate of drug-likeness (QED) is 0.665. The van der Waals surface area contributed by atoms with Crippen molar-refractivity contribution in [2.45, 2.75) is 17.4 Å². The highest BCUT2D eigenvalue weighted by Gasteiger charge is 2.29. The molecule has 0 radical (unpaired) electrons. The molecule has 112 valence electrons. The number of nitrogens with zero attached hydrogens (tertiary/aromatic N) is 2. The van der Waals surface area contributed by atoms with Crippen molar-refractivity contribution in [2.24, 2.45) is 0 Å². The van der Waals surface area contributed by atoms with E-state index in [1.54, 1.807) is 6.07 Å². The second kappa shape index (κ2) is 5.71. The number of nitrogens with one attached hydrogen (secondary N) is 1. The average Bonchev–Trinajstić information content (AvgIpc) is 2.84. The van der Waals surface area contributed by atoms with Gasteiger partial charge >= 0.3 is 11.9 Å². The fourth-order valence-corrected chi connectivity index (χ4v) is 3.56. The van der Waals surface area contributed by atoms with Gasteiger partial charge in [-0.3, -0.25) is 9.59 Å². The highest BCUT2D eigenvalue weighted by Crippen LogP contribution is 2.21. The van der Waals surface area contributed by atoms with Crippen molar-refractivity contribution in [3.05, 3.63) is 18.2 Å². The van der Waals surface area contributed by atoms with Gasteiger partial charge < -0.3 is 10.2 Å². The zero-order valence-corrected chi connectivity index (χ0v) is 11.9. The van der Waals surface area contributed by atoms with E-state index in [4.69, 9.17) is 10.2 Å². The van der Waals surface area contributed by atoms with Crippen LogP contribution < -0.4 is 4.72 Å². The zero-order chi connectivity index (χ0) is 15.6. The van der Waals surface area contributed by atoms with E-state index in [1.165, 1.54) is 12.1 Å². The number of carboxylic acids is 2. The van der Waals surface area contributed by atoms with Crippen LogP contribution >= 0.6 is 11.7 Å². The summed E-state index contributed by atoms with van der Waals surface area (Å²) in [6.07, 6.45) is -0.875. The first-order valence-corrected chi connectivity index (χ1v) is 7.71. The fourth-order valence-electron chi connectivity index (χ4n) is 1.60. The molecule has 0 spiro atoms. The number of aromatic nitrogens is 2. The normalized spacial score (nSPS) is 13.1. The van der Waals surface area contributed by atoms with Crippen LogP contribution in [0, 0.1) is 0 Å². The fraction of sp³-hybridized carbons (Fsp3) is 0.200. The maximum Gasteiger partial charge on any atom is 0.322 e. The van der Waals surface area contributed by atoms with Crippen molar-refractivity contribution in [1.82, 2.24) is 13.5 Å². The van der Waals surface area contributed by atoms with E-state index in [9.17, 15) is 18.0 Å². The second-order valence-corrected chi connectivity index (χ2v) is 6.21. The lowest BCUT2D eigenvalue weighted by molar-refractivity contribution is -0.145. The van der Waals surface area contributed by atoms with E-state index in [0.717, 1.165) is 11.7 Å². The summed E-state index contributed by atoms with van der Waals surface area (Å²) in [6, 6.07) is 2.47. The Labute approximate surface area is 122 Å². The summed E-state index contributed by atoms with van der Waals surface area (Å²) in [4.78, 5) is 21.3. The summed E-state index contributed by atoms with van der Waals surface area (Å²) < 4.78 is 34.0. The van der Waals surface area contributed by atoms with Gasteiger partial charge in [-0.25, -0.2) is 8.42 Å². The Morgan fingerprint density at radius 2 is 2.00 bits per heavy atom. The molecule has 1 aromatic heterocycles. The van der Waals surface area contributed by atoms with Crippen molar-refractivity contribution in [1.29, 1.82) is 0 Å². The van der Waals surface area contributed by atoms with Gasteiger partial charge in [-0.15, -0.1) is 0 Å². The summed E-state index contributed by atoms with van der Waals surface area (Å²) in [5, 5.41) is 17.5. The van der Waals surface area contributed by atoms with Gasteiger partial charge in [-0.2, -0.15) is 13.5 Å². The molecule has 21 heavy (non-hydrogen) atoms. The number of rotatable bonds is 6. The minimum absolute atomic E-state index is 0.106. The van der Waals surface area contributed by atoms with Gasteiger partial charge in [0, 0.05) is 0 Å². The van der Waals surface area contributed by atoms with Crippen LogP contribution in [0.25, 0.3) is 11.0 Å². The number of sulfonamides is 1. The first kappa shape index (κ1) is 15.3. The maximum absolute atomic E-state index is 12.2. The molecule has 1 atom stereocenters. The van der Waals surface area contributed by atoms with Crippen LogP contribution in [0.4, 0.5) is 0 Å². The number of fused-ring (bicyclic) bond motifs is 1. The molecular formula is C10H9N3O6S2. The first-order chi connectivity index (χ1) is 9.81. The molecule has 0 aliphatic rings. The topological polar surface area (TPSA) is 147 Å². The third-order valence-electron chi connectivity index (χ3n) is 2.51. The average molecular weight is 331 g/mol. The number of hydrogen-bond acceptors (Lipinski definition) is 7. The molecule has 0 saturated heterocycles. The Morgan fingerprint density at radius 3 is 2.62 bits per heavy atom. The molecule has 0 aliphatic heterocycles. The monoisotopic (exact) mass is 331 g/mol. The van der Waals surface area contributed by atoms with Crippen LogP contribution in [0.3, 0.4) is 0 Å². The lowest BCUT2D eigenvalue weighted by atomic mass is 10.2. The molecule has 1 aromatic carbocycles. The molecule has 0 fully saturated rings. The SMILES string of the molecule is O=C(O)CC(NS(=O)(=O)c1cccc2nsnc12)C(=O)O. The van der Waals surface area contributed by atoms with Gasteiger partial charge in [0.1, 0.15) is 22.0 Å². The van der Waals surface area contributed by atoms with E-state index < -0.39 is 34.4 Å². The summed E-state index contributed by atoms with van der Waals surface area (Å²) in [5.41, 5.74) is 0.461. The minimum atomic E-state index is -4.24. The zero-order valence-electron chi connectivity index (χ0n) is 10.3. The molecule has 3 N–H and O–H groups in total. The van der Waals surface area contributed by atoms with Crippen molar-refractivity contribution >= 4 is 44.7 Å². The molecule has 0 amide bonds. The van der Waals surface area contributed by atoms with Gasteiger partial charge in [0.25, 0.3) is 0 Å². The smallest absolute Gasteiger partial charge is 0.322 e. The molecular weight excluding hydrogens is 322 g/mol. The lowest BCUT2D eigenvalue weighted by Gasteiger charge is -2.12.